The maximum atomic E-state index is 12.2. The van der Waals surface area contributed by atoms with Crippen LogP contribution in [0.2, 0.25) is 0 Å². The molecule has 114 valence electrons. The van der Waals surface area contributed by atoms with Crippen LogP contribution >= 0.6 is 0 Å². The van der Waals surface area contributed by atoms with Gasteiger partial charge in [-0.1, -0.05) is 12.8 Å². The van der Waals surface area contributed by atoms with Crippen molar-refractivity contribution in [2.45, 2.75) is 63.2 Å². The minimum atomic E-state index is -4.39. The van der Waals surface area contributed by atoms with Gasteiger partial charge in [-0.05, 0) is 25.2 Å². The number of alkyl halides is 3. The molecule has 1 amide bonds. The molecule has 7 heteroatoms. The van der Waals surface area contributed by atoms with Gasteiger partial charge in [-0.25, -0.2) is 4.79 Å². The molecule has 0 bridgehead atoms. The van der Waals surface area contributed by atoms with Crippen molar-refractivity contribution >= 4 is 11.9 Å². The lowest BCUT2D eigenvalue weighted by Crippen LogP contribution is -2.46. The number of nitrogens with zero attached hydrogens (tertiary/aromatic N) is 1. The largest absolute Gasteiger partial charge is 0.480 e. The highest BCUT2D eigenvalue weighted by atomic mass is 19.4. The van der Waals surface area contributed by atoms with Crippen LogP contribution in [0.15, 0.2) is 0 Å². The van der Waals surface area contributed by atoms with Crippen LogP contribution in [0.4, 0.5) is 13.2 Å². The fraction of sp³-hybridized carbons (Fsp3) is 0.846. The summed E-state index contributed by atoms with van der Waals surface area (Å²) in [5, 5.41) is 9.19. The zero-order valence-corrected chi connectivity index (χ0v) is 11.0. The van der Waals surface area contributed by atoms with Gasteiger partial charge in [0.15, 0.2) is 0 Å². The average molecular weight is 293 g/mol. The van der Waals surface area contributed by atoms with Crippen LogP contribution in [-0.2, 0) is 9.59 Å². The van der Waals surface area contributed by atoms with E-state index < -0.39 is 36.9 Å². The van der Waals surface area contributed by atoms with Crippen molar-refractivity contribution in [2.75, 3.05) is 0 Å². The maximum Gasteiger partial charge on any atom is 0.389 e. The number of amides is 1. The minimum Gasteiger partial charge on any atom is -0.480 e. The molecule has 0 spiro atoms. The standard InChI is InChI=1S/C13H18F3NO3/c14-13(15,16)6-5-11(18)17-9-4-2-1-3-8(9)7-10(17)12(19)20/h8-10H,1-7H2,(H,19,20)/t8-,9+,10+/m1/s1. The van der Waals surface area contributed by atoms with Gasteiger partial charge in [-0.2, -0.15) is 13.2 Å². The number of carboxylic acid groups (broad SMARTS) is 1. The lowest BCUT2D eigenvalue weighted by atomic mass is 9.84. The molecule has 0 aromatic carbocycles. The molecule has 0 radical (unpaired) electrons. The summed E-state index contributed by atoms with van der Waals surface area (Å²) in [6.45, 7) is 0. The van der Waals surface area contributed by atoms with E-state index in [-0.39, 0.29) is 12.0 Å². The molecule has 0 aromatic rings. The summed E-state index contributed by atoms with van der Waals surface area (Å²) in [6.07, 6.45) is -2.40. The zero-order chi connectivity index (χ0) is 14.9. The first-order chi connectivity index (χ1) is 9.29. The van der Waals surface area contributed by atoms with Crippen LogP contribution < -0.4 is 0 Å². The Morgan fingerprint density at radius 1 is 1.20 bits per heavy atom. The zero-order valence-electron chi connectivity index (χ0n) is 11.0. The van der Waals surface area contributed by atoms with Gasteiger partial charge in [0.2, 0.25) is 5.91 Å². The Labute approximate surface area is 114 Å². The summed E-state index contributed by atoms with van der Waals surface area (Å²) >= 11 is 0. The quantitative estimate of drug-likeness (QED) is 0.870. The fourth-order valence-corrected chi connectivity index (χ4v) is 3.42. The SMILES string of the molecule is O=C(O)[C@@H]1C[C@H]2CCCC[C@@H]2N1C(=O)CCC(F)(F)F. The van der Waals surface area contributed by atoms with E-state index in [0.717, 1.165) is 19.3 Å². The van der Waals surface area contributed by atoms with Crippen molar-refractivity contribution in [3.63, 3.8) is 0 Å². The van der Waals surface area contributed by atoms with Crippen molar-refractivity contribution in [2.24, 2.45) is 5.92 Å². The van der Waals surface area contributed by atoms with E-state index >= 15 is 0 Å². The normalized spacial score (nSPS) is 30.1. The van der Waals surface area contributed by atoms with Gasteiger partial charge in [0, 0.05) is 12.5 Å². The Balaban J connectivity index is 2.08. The van der Waals surface area contributed by atoms with Gasteiger partial charge in [-0.3, -0.25) is 4.79 Å². The molecule has 2 aliphatic rings. The molecule has 20 heavy (non-hydrogen) atoms. The van der Waals surface area contributed by atoms with Crippen molar-refractivity contribution in [3.05, 3.63) is 0 Å². The number of hydrogen-bond acceptors (Lipinski definition) is 2. The summed E-state index contributed by atoms with van der Waals surface area (Å²) in [6, 6.07) is -1.14. The molecule has 1 saturated heterocycles. The molecule has 2 rings (SSSR count). The molecular weight excluding hydrogens is 275 g/mol. The van der Waals surface area contributed by atoms with Crippen LogP contribution in [0.3, 0.4) is 0 Å². The predicted molar refractivity (Wildman–Crippen MR) is 63.9 cm³/mol. The van der Waals surface area contributed by atoms with Crippen LogP contribution in [0.5, 0.6) is 0 Å². The third-order valence-electron chi connectivity index (χ3n) is 4.28. The topological polar surface area (TPSA) is 57.6 Å². The van der Waals surface area contributed by atoms with Crippen molar-refractivity contribution in [3.8, 4) is 0 Å². The highest BCUT2D eigenvalue weighted by Gasteiger charge is 2.47. The van der Waals surface area contributed by atoms with E-state index in [1.165, 1.54) is 4.90 Å². The molecular formula is C13H18F3NO3. The second-order valence-electron chi connectivity index (χ2n) is 5.62. The number of rotatable bonds is 3. The Morgan fingerprint density at radius 2 is 1.85 bits per heavy atom. The molecule has 2 fully saturated rings. The second-order valence-corrected chi connectivity index (χ2v) is 5.62. The molecule has 3 atom stereocenters. The Bertz CT molecular complexity index is 397. The van der Waals surface area contributed by atoms with Crippen molar-refractivity contribution in [1.29, 1.82) is 0 Å². The van der Waals surface area contributed by atoms with Crippen LogP contribution in [0.25, 0.3) is 0 Å². The first kappa shape index (κ1) is 15.1. The first-order valence-corrected chi connectivity index (χ1v) is 6.90. The molecule has 1 N–H and O–H groups in total. The monoisotopic (exact) mass is 293 g/mol. The van der Waals surface area contributed by atoms with Gasteiger partial charge < -0.3 is 10.0 Å². The van der Waals surface area contributed by atoms with E-state index in [9.17, 15) is 27.9 Å². The number of aliphatic carboxylic acids is 1. The third kappa shape index (κ3) is 3.24. The second kappa shape index (κ2) is 5.61. The number of carbonyl (C=O) groups excluding carboxylic acids is 1. The smallest absolute Gasteiger partial charge is 0.389 e. The third-order valence-corrected chi connectivity index (χ3v) is 4.28. The molecule has 1 aliphatic carbocycles. The first-order valence-electron chi connectivity index (χ1n) is 6.90. The van der Waals surface area contributed by atoms with E-state index in [1.54, 1.807) is 0 Å². The van der Waals surface area contributed by atoms with Gasteiger partial charge in [0.1, 0.15) is 6.04 Å². The van der Waals surface area contributed by atoms with E-state index in [2.05, 4.69) is 0 Å². The number of fused-ring (bicyclic) bond motifs is 1. The van der Waals surface area contributed by atoms with Gasteiger partial charge in [0.05, 0.1) is 6.42 Å². The van der Waals surface area contributed by atoms with Gasteiger partial charge >= 0.3 is 12.1 Å². The van der Waals surface area contributed by atoms with E-state index in [1.807, 2.05) is 0 Å². The highest BCUT2D eigenvalue weighted by molar-refractivity contribution is 5.84. The van der Waals surface area contributed by atoms with Crippen LogP contribution in [0.1, 0.15) is 44.9 Å². The number of hydrogen-bond donors (Lipinski definition) is 1. The summed E-state index contributed by atoms with van der Waals surface area (Å²) in [5.74, 6) is -1.66. The number of likely N-dealkylation sites (tertiary alicyclic amines) is 1. The summed E-state index contributed by atoms with van der Waals surface area (Å²) in [7, 11) is 0. The Morgan fingerprint density at radius 3 is 2.45 bits per heavy atom. The molecule has 1 saturated carbocycles. The van der Waals surface area contributed by atoms with Gasteiger partial charge in [0.25, 0.3) is 0 Å². The number of carboxylic acids is 1. The predicted octanol–water partition coefficient (Wildman–Crippen LogP) is 2.57. The summed E-state index contributed by atoms with van der Waals surface area (Å²) < 4.78 is 36.6. The maximum absolute atomic E-state index is 12.2. The number of carbonyl (C=O) groups is 2. The Kier molecular flexibility index (Phi) is 4.25. The van der Waals surface area contributed by atoms with Crippen molar-refractivity contribution in [1.82, 2.24) is 4.90 Å². The molecule has 1 aliphatic heterocycles. The Hall–Kier alpha value is -1.27. The summed E-state index contributed by atoms with van der Waals surface area (Å²) in [5.41, 5.74) is 0. The lowest BCUT2D eigenvalue weighted by molar-refractivity contribution is -0.156. The number of halogens is 3. The molecule has 4 nitrogen and oxygen atoms in total. The van der Waals surface area contributed by atoms with E-state index in [4.69, 9.17) is 0 Å². The minimum absolute atomic E-state index is 0.125. The van der Waals surface area contributed by atoms with Crippen molar-refractivity contribution < 1.29 is 27.9 Å². The van der Waals surface area contributed by atoms with Gasteiger partial charge in [-0.15, -0.1) is 0 Å². The van der Waals surface area contributed by atoms with E-state index in [0.29, 0.717) is 12.8 Å². The highest BCUT2D eigenvalue weighted by Crippen LogP contribution is 2.40. The summed E-state index contributed by atoms with van der Waals surface area (Å²) in [4.78, 5) is 24.5. The fourth-order valence-electron chi connectivity index (χ4n) is 3.42. The molecule has 0 unspecified atom stereocenters. The molecule has 0 aromatic heterocycles. The lowest BCUT2D eigenvalue weighted by Gasteiger charge is -2.33. The molecule has 1 heterocycles. The average Bonchev–Trinajstić information content (AvgIpc) is 2.74. The van der Waals surface area contributed by atoms with Crippen LogP contribution in [-0.4, -0.2) is 40.1 Å². The van der Waals surface area contributed by atoms with Crippen LogP contribution in [0, 0.1) is 5.92 Å².